The van der Waals surface area contributed by atoms with E-state index in [1.54, 1.807) is 40.9 Å². The second-order valence-electron chi connectivity index (χ2n) is 4.99. The largest absolute Gasteiger partial charge is 0.465 e. The molecule has 3 rings (SSSR count). The zero-order valence-corrected chi connectivity index (χ0v) is 14.8. The molecule has 0 N–H and O–H groups in total. The molecule has 1 fully saturated rings. The molecule has 1 atom stereocenters. The lowest BCUT2D eigenvalue weighted by Crippen LogP contribution is -2.28. The number of carbonyl (C=O) groups excluding carboxylic acids is 2. The van der Waals surface area contributed by atoms with Gasteiger partial charge >= 0.3 is 5.97 Å². The number of rotatable bonds is 3. The number of esters is 1. The number of thioether (sulfide) groups is 1. The molecule has 1 aliphatic heterocycles. The predicted molar refractivity (Wildman–Crippen MR) is 94.6 cm³/mol. The Hall–Kier alpha value is -1.79. The Morgan fingerprint density at radius 3 is 2.57 bits per heavy atom. The monoisotopic (exact) mass is 391 g/mol. The Bertz CT molecular complexity index is 748. The molecular weight excluding hydrogens is 378 g/mol. The van der Waals surface area contributed by atoms with Gasteiger partial charge in [0, 0.05) is 10.2 Å². The Morgan fingerprint density at radius 1 is 1.22 bits per heavy atom. The molecule has 0 aromatic heterocycles. The highest BCUT2D eigenvalue weighted by atomic mass is 79.9. The lowest BCUT2D eigenvalue weighted by Gasteiger charge is -2.25. The van der Waals surface area contributed by atoms with Gasteiger partial charge in [-0.05, 0) is 35.9 Å². The van der Waals surface area contributed by atoms with E-state index in [0.29, 0.717) is 11.3 Å². The average molecular weight is 392 g/mol. The Labute approximate surface area is 146 Å². The third-order valence-corrected chi connectivity index (χ3v) is 5.52. The first-order valence-electron chi connectivity index (χ1n) is 6.98. The number of carbonyl (C=O) groups is 2. The standard InChI is InChI=1S/C17H14BrNO3S/c1-22-17(21)11-6-8-12(9-7-11)19-15(20)10-23-16(19)13-4-2-3-5-14(13)18/h2-9,16H,10H2,1H3/t16-/m0/s1. The van der Waals surface area contributed by atoms with Crippen LogP contribution in [0.25, 0.3) is 0 Å². The van der Waals surface area contributed by atoms with Crippen LogP contribution in [0.3, 0.4) is 0 Å². The second kappa shape index (κ2) is 6.76. The van der Waals surface area contributed by atoms with Gasteiger partial charge in [0.15, 0.2) is 0 Å². The van der Waals surface area contributed by atoms with Crippen molar-refractivity contribution < 1.29 is 14.3 Å². The Morgan fingerprint density at radius 2 is 1.91 bits per heavy atom. The number of halogens is 1. The number of nitrogens with zero attached hydrogens (tertiary/aromatic N) is 1. The average Bonchev–Trinajstić information content (AvgIpc) is 2.96. The van der Waals surface area contributed by atoms with Crippen molar-refractivity contribution in [1.82, 2.24) is 0 Å². The first kappa shape index (κ1) is 16.1. The molecule has 1 amide bonds. The number of hydrogen-bond acceptors (Lipinski definition) is 4. The summed E-state index contributed by atoms with van der Waals surface area (Å²) in [7, 11) is 1.35. The van der Waals surface area contributed by atoms with Gasteiger partial charge in [0.25, 0.3) is 0 Å². The summed E-state index contributed by atoms with van der Waals surface area (Å²) >= 11 is 5.14. The molecule has 23 heavy (non-hydrogen) atoms. The van der Waals surface area contributed by atoms with Gasteiger partial charge in [-0.1, -0.05) is 34.1 Å². The molecule has 1 aliphatic rings. The summed E-state index contributed by atoms with van der Waals surface area (Å²) in [5, 5.41) is -0.0814. The number of ether oxygens (including phenoxy) is 1. The van der Waals surface area contributed by atoms with Gasteiger partial charge in [0.1, 0.15) is 5.37 Å². The molecule has 1 saturated heterocycles. The minimum atomic E-state index is -0.388. The van der Waals surface area contributed by atoms with E-state index in [9.17, 15) is 9.59 Å². The molecule has 0 aliphatic carbocycles. The van der Waals surface area contributed by atoms with Crippen molar-refractivity contribution in [3.05, 3.63) is 64.1 Å². The summed E-state index contributed by atoms with van der Waals surface area (Å²) in [6.45, 7) is 0. The first-order valence-corrected chi connectivity index (χ1v) is 8.82. The second-order valence-corrected chi connectivity index (χ2v) is 6.91. The molecule has 2 aromatic carbocycles. The SMILES string of the molecule is COC(=O)c1ccc(N2C(=O)CS[C@H]2c2ccccc2Br)cc1. The smallest absolute Gasteiger partial charge is 0.337 e. The summed E-state index contributed by atoms with van der Waals surface area (Å²) in [6, 6.07) is 14.8. The van der Waals surface area contributed by atoms with Crippen molar-refractivity contribution in [2.75, 3.05) is 17.8 Å². The molecular formula is C17H14BrNO3S. The van der Waals surface area contributed by atoms with E-state index in [0.717, 1.165) is 15.7 Å². The number of amides is 1. The maximum Gasteiger partial charge on any atom is 0.337 e. The van der Waals surface area contributed by atoms with Crippen LogP contribution in [-0.4, -0.2) is 24.7 Å². The van der Waals surface area contributed by atoms with Crippen LogP contribution >= 0.6 is 27.7 Å². The maximum atomic E-state index is 12.3. The summed E-state index contributed by atoms with van der Waals surface area (Å²) in [4.78, 5) is 25.6. The van der Waals surface area contributed by atoms with E-state index in [-0.39, 0.29) is 17.3 Å². The minimum Gasteiger partial charge on any atom is -0.465 e. The molecule has 1 heterocycles. The number of benzene rings is 2. The Kier molecular flexibility index (Phi) is 4.73. The summed E-state index contributed by atoms with van der Waals surface area (Å²) in [5.41, 5.74) is 2.29. The van der Waals surface area contributed by atoms with Crippen molar-refractivity contribution in [2.45, 2.75) is 5.37 Å². The molecule has 6 heteroatoms. The van der Waals surface area contributed by atoms with Gasteiger partial charge in [0.05, 0.1) is 18.4 Å². The number of anilines is 1. The quantitative estimate of drug-likeness (QED) is 0.741. The zero-order valence-electron chi connectivity index (χ0n) is 12.4. The highest BCUT2D eigenvalue weighted by Gasteiger charge is 2.34. The lowest BCUT2D eigenvalue weighted by molar-refractivity contribution is -0.115. The van der Waals surface area contributed by atoms with Gasteiger partial charge in [-0.2, -0.15) is 0 Å². The van der Waals surface area contributed by atoms with E-state index in [1.807, 2.05) is 24.3 Å². The molecule has 0 unspecified atom stereocenters. The van der Waals surface area contributed by atoms with Gasteiger partial charge in [-0.15, -0.1) is 11.8 Å². The van der Waals surface area contributed by atoms with Crippen LogP contribution in [-0.2, 0) is 9.53 Å². The van der Waals surface area contributed by atoms with Crippen LogP contribution in [0.15, 0.2) is 53.0 Å². The topological polar surface area (TPSA) is 46.6 Å². The van der Waals surface area contributed by atoms with Gasteiger partial charge in [-0.3, -0.25) is 9.69 Å². The van der Waals surface area contributed by atoms with Crippen molar-refractivity contribution in [2.24, 2.45) is 0 Å². The number of methoxy groups -OCH3 is 1. The van der Waals surface area contributed by atoms with Crippen molar-refractivity contribution in [1.29, 1.82) is 0 Å². The molecule has 2 aromatic rings. The van der Waals surface area contributed by atoms with Crippen molar-refractivity contribution >= 4 is 45.3 Å². The first-order chi connectivity index (χ1) is 11.1. The van der Waals surface area contributed by atoms with E-state index in [4.69, 9.17) is 4.74 Å². The van der Waals surface area contributed by atoms with Crippen LogP contribution in [0.5, 0.6) is 0 Å². The van der Waals surface area contributed by atoms with Crippen LogP contribution in [0, 0.1) is 0 Å². The fourth-order valence-corrected chi connectivity index (χ4v) is 4.35. The highest BCUT2D eigenvalue weighted by Crippen LogP contribution is 2.43. The molecule has 4 nitrogen and oxygen atoms in total. The predicted octanol–water partition coefficient (Wildman–Crippen LogP) is 4.01. The van der Waals surface area contributed by atoms with E-state index in [1.165, 1.54) is 7.11 Å². The van der Waals surface area contributed by atoms with Gasteiger partial charge in [0.2, 0.25) is 5.91 Å². The van der Waals surface area contributed by atoms with E-state index in [2.05, 4.69) is 15.9 Å². The van der Waals surface area contributed by atoms with Crippen molar-refractivity contribution in [3.63, 3.8) is 0 Å². The van der Waals surface area contributed by atoms with Crippen LogP contribution in [0.1, 0.15) is 21.3 Å². The number of hydrogen-bond donors (Lipinski definition) is 0. The fourth-order valence-electron chi connectivity index (χ4n) is 2.48. The van der Waals surface area contributed by atoms with E-state index >= 15 is 0 Å². The normalized spacial score (nSPS) is 17.4. The van der Waals surface area contributed by atoms with Gasteiger partial charge in [-0.25, -0.2) is 4.79 Å². The fraction of sp³-hybridized carbons (Fsp3) is 0.176. The van der Waals surface area contributed by atoms with Crippen LogP contribution < -0.4 is 4.90 Å². The Balaban J connectivity index is 1.94. The molecule has 0 saturated carbocycles. The molecule has 118 valence electrons. The zero-order chi connectivity index (χ0) is 16.4. The van der Waals surface area contributed by atoms with Gasteiger partial charge < -0.3 is 4.74 Å². The van der Waals surface area contributed by atoms with Crippen molar-refractivity contribution in [3.8, 4) is 0 Å². The third kappa shape index (κ3) is 3.14. The highest BCUT2D eigenvalue weighted by molar-refractivity contribution is 9.10. The lowest BCUT2D eigenvalue weighted by atomic mass is 10.1. The third-order valence-electron chi connectivity index (χ3n) is 3.61. The van der Waals surface area contributed by atoms with Crippen LogP contribution in [0.4, 0.5) is 5.69 Å². The summed E-state index contributed by atoms with van der Waals surface area (Å²) in [5.74, 6) is 0.104. The molecule has 0 spiro atoms. The molecule has 0 radical (unpaired) electrons. The minimum absolute atomic E-state index is 0.0570. The summed E-state index contributed by atoms with van der Waals surface area (Å²) in [6.07, 6.45) is 0. The summed E-state index contributed by atoms with van der Waals surface area (Å²) < 4.78 is 5.67. The molecule has 0 bridgehead atoms. The van der Waals surface area contributed by atoms with Crippen LogP contribution in [0.2, 0.25) is 0 Å². The van der Waals surface area contributed by atoms with E-state index < -0.39 is 0 Å². The maximum absolute atomic E-state index is 12.3.